The number of benzene rings is 1. The number of amides is 3. The number of carbonyl (C=O) groups excluding carboxylic acids is 2. The number of carbonyl (C=O) groups is 2. The molecule has 0 aromatic heterocycles. The molecule has 0 aliphatic carbocycles. The zero-order chi connectivity index (χ0) is 14.9. The third-order valence-electron chi connectivity index (χ3n) is 3.08. The van der Waals surface area contributed by atoms with Gasteiger partial charge in [0.1, 0.15) is 0 Å². The first-order chi connectivity index (χ1) is 9.30. The van der Waals surface area contributed by atoms with Crippen LogP contribution < -0.4 is 15.5 Å². The van der Waals surface area contributed by atoms with Crippen LogP contribution in [0.2, 0.25) is 0 Å². The summed E-state index contributed by atoms with van der Waals surface area (Å²) >= 11 is 0. The van der Waals surface area contributed by atoms with E-state index in [0.717, 1.165) is 11.3 Å². The average Bonchev–Trinajstić information content (AvgIpc) is 2.60. The van der Waals surface area contributed by atoms with Crippen LogP contribution in [0.25, 0.3) is 0 Å². The van der Waals surface area contributed by atoms with Crippen molar-refractivity contribution in [2.75, 3.05) is 16.8 Å². The van der Waals surface area contributed by atoms with Crippen LogP contribution in [-0.2, 0) is 11.2 Å². The number of rotatable bonds is 2. The lowest BCUT2D eigenvalue weighted by Crippen LogP contribution is -2.43. The van der Waals surface area contributed by atoms with Crippen molar-refractivity contribution in [2.45, 2.75) is 39.7 Å². The molecule has 1 aliphatic rings. The van der Waals surface area contributed by atoms with E-state index in [1.165, 1.54) is 0 Å². The summed E-state index contributed by atoms with van der Waals surface area (Å²) in [5, 5.41) is 5.63. The number of urea groups is 1. The monoisotopic (exact) mass is 275 g/mol. The molecule has 0 atom stereocenters. The molecule has 20 heavy (non-hydrogen) atoms. The number of nitrogens with zero attached hydrogens (tertiary/aromatic N) is 1. The molecule has 0 saturated carbocycles. The van der Waals surface area contributed by atoms with Gasteiger partial charge in [-0.2, -0.15) is 0 Å². The van der Waals surface area contributed by atoms with Gasteiger partial charge in [0, 0.05) is 23.5 Å². The van der Waals surface area contributed by atoms with E-state index in [4.69, 9.17) is 0 Å². The summed E-state index contributed by atoms with van der Waals surface area (Å²) in [6, 6.07) is 5.33. The summed E-state index contributed by atoms with van der Waals surface area (Å²) in [7, 11) is 0. The van der Waals surface area contributed by atoms with Gasteiger partial charge in [-0.05, 0) is 51.5 Å². The van der Waals surface area contributed by atoms with Crippen molar-refractivity contribution in [3.63, 3.8) is 0 Å². The molecule has 1 heterocycles. The summed E-state index contributed by atoms with van der Waals surface area (Å²) < 4.78 is 0. The number of anilines is 2. The Labute approximate surface area is 119 Å². The van der Waals surface area contributed by atoms with Crippen molar-refractivity contribution in [1.29, 1.82) is 0 Å². The van der Waals surface area contributed by atoms with E-state index < -0.39 is 0 Å². The lowest BCUT2D eigenvalue weighted by molar-refractivity contribution is -0.117. The average molecular weight is 275 g/mol. The van der Waals surface area contributed by atoms with Gasteiger partial charge in [0.2, 0.25) is 5.91 Å². The summed E-state index contributed by atoms with van der Waals surface area (Å²) in [6.45, 7) is 8.40. The molecule has 2 rings (SSSR count). The van der Waals surface area contributed by atoms with Crippen LogP contribution in [0.5, 0.6) is 0 Å². The van der Waals surface area contributed by atoms with Gasteiger partial charge < -0.3 is 15.5 Å². The predicted molar refractivity (Wildman–Crippen MR) is 80.1 cm³/mol. The summed E-state index contributed by atoms with van der Waals surface area (Å²) in [5.41, 5.74) is 2.33. The van der Waals surface area contributed by atoms with Crippen molar-refractivity contribution in [1.82, 2.24) is 5.32 Å². The van der Waals surface area contributed by atoms with Gasteiger partial charge in [0.05, 0.1) is 6.42 Å². The van der Waals surface area contributed by atoms with Gasteiger partial charge in [-0.3, -0.25) is 4.79 Å². The molecule has 108 valence electrons. The largest absolute Gasteiger partial charge is 0.333 e. The molecule has 1 aromatic carbocycles. The van der Waals surface area contributed by atoms with E-state index in [-0.39, 0.29) is 17.5 Å². The van der Waals surface area contributed by atoms with E-state index in [1.807, 2.05) is 45.9 Å². The minimum absolute atomic E-state index is 0.110. The molecule has 0 bridgehead atoms. The first-order valence-electron chi connectivity index (χ1n) is 6.82. The number of hydrogen-bond donors (Lipinski definition) is 2. The Hall–Kier alpha value is -2.04. The minimum atomic E-state index is -0.282. The second-order valence-corrected chi connectivity index (χ2v) is 5.99. The highest BCUT2D eigenvalue weighted by Crippen LogP contribution is 2.30. The van der Waals surface area contributed by atoms with Crippen LogP contribution in [0.3, 0.4) is 0 Å². The van der Waals surface area contributed by atoms with E-state index in [0.29, 0.717) is 18.7 Å². The Morgan fingerprint density at radius 1 is 1.35 bits per heavy atom. The molecule has 1 aromatic rings. The summed E-state index contributed by atoms with van der Waals surface area (Å²) in [5.74, 6) is 0.110. The Morgan fingerprint density at radius 2 is 2.05 bits per heavy atom. The molecule has 0 unspecified atom stereocenters. The van der Waals surface area contributed by atoms with Crippen molar-refractivity contribution >= 4 is 23.3 Å². The standard InChI is InChI=1S/C15H21N3O2/c1-5-18-12-7-6-11(8-10(12)9-13(18)19)16-14(20)17-15(2,3)4/h6-8H,5,9H2,1-4H3,(H2,16,17,20). The highest BCUT2D eigenvalue weighted by Gasteiger charge is 2.26. The molecular weight excluding hydrogens is 254 g/mol. The smallest absolute Gasteiger partial charge is 0.319 e. The molecule has 0 fully saturated rings. The van der Waals surface area contributed by atoms with E-state index in [1.54, 1.807) is 4.90 Å². The van der Waals surface area contributed by atoms with Crippen molar-refractivity contribution in [3.8, 4) is 0 Å². The lowest BCUT2D eigenvalue weighted by atomic mass is 10.1. The molecule has 2 N–H and O–H groups in total. The molecule has 1 aliphatic heterocycles. The molecule has 5 nitrogen and oxygen atoms in total. The second-order valence-electron chi connectivity index (χ2n) is 5.99. The fourth-order valence-corrected chi connectivity index (χ4v) is 2.31. The predicted octanol–water partition coefficient (Wildman–Crippen LogP) is 2.52. The molecule has 0 radical (unpaired) electrons. The maximum atomic E-state index is 11.8. The van der Waals surface area contributed by atoms with Gasteiger partial charge in [-0.1, -0.05) is 0 Å². The van der Waals surface area contributed by atoms with Crippen LogP contribution >= 0.6 is 0 Å². The van der Waals surface area contributed by atoms with Crippen LogP contribution in [-0.4, -0.2) is 24.0 Å². The molecule has 5 heteroatoms. The lowest BCUT2D eigenvalue weighted by Gasteiger charge is -2.21. The topological polar surface area (TPSA) is 61.4 Å². The van der Waals surface area contributed by atoms with E-state index >= 15 is 0 Å². The third kappa shape index (κ3) is 3.10. The molecule has 0 saturated heterocycles. The van der Waals surface area contributed by atoms with Gasteiger partial charge in [-0.25, -0.2) is 4.79 Å². The van der Waals surface area contributed by atoms with Crippen molar-refractivity contribution in [2.24, 2.45) is 0 Å². The van der Waals surface area contributed by atoms with E-state index in [2.05, 4.69) is 10.6 Å². The maximum absolute atomic E-state index is 11.8. The van der Waals surface area contributed by atoms with Crippen LogP contribution in [0.4, 0.5) is 16.2 Å². The fourth-order valence-electron chi connectivity index (χ4n) is 2.31. The first-order valence-corrected chi connectivity index (χ1v) is 6.82. The highest BCUT2D eigenvalue weighted by atomic mass is 16.2. The fraction of sp³-hybridized carbons (Fsp3) is 0.467. The molecule has 3 amide bonds. The molecule has 0 spiro atoms. The van der Waals surface area contributed by atoms with Gasteiger partial charge >= 0.3 is 6.03 Å². The number of likely N-dealkylation sites (N-methyl/N-ethyl adjacent to an activating group) is 1. The molecular formula is C15H21N3O2. The summed E-state index contributed by atoms with van der Waals surface area (Å²) in [4.78, 5) is 25.4. The zero-order valence-corrected chi connectivity index (χ0v) is 12.4. The highest BCUT2D eigenvalue weighted by molar-refractivity contribution is 6.02. The Kier molecular flexibility index (Phi) is 3.70. The van der Waals surface area contributed by atoms with Gasteiger partial charge in [0.15, 0.2) is 0 Å². The van der Waals surface area contributed by atoms with Crippen LogP contribution in [0.15, 0.2) is 18.2 Å². The van der Waals surface area contributed by atoms with Gasteiger partial charge in [-0.15, -0.1) is 0 Å². The Bertz CT molecular complexity index is 547. The van der Waals surface area contributed by atoms with Crippen molar-refractivity contribution in [3.05, 3.63) is 23.8 Å². The third-order valence-corrected chi connectivity index (χ3v) is 3.08. The number of fused-ring (bicyclic) bond motifs is 1. The first kappa shape index (κ1) is 14.4. The summed E-state index contributed by atoms with van der Waals surface area (Å²) in [6.07, 6.45) is 0.402. The number of nitrogens with one attached hydrogen (secondary N) is 2. The zero-order valence-electron chi connectivity index (χ0n) is 12.4. The van der Waals surface area contributed by atoms with E-state index in [9.17, 15) is 9.59 Å². The van der Waals surface area contributed by atoms with Crippen LogP contribution in [0.1, 0.15) is 33.3 Å². The quantitative estimate of drug-likeness (QED) is 0.871. The minimum Gasteiger partial charge on any atom is -0.333 e. The normalized spacial score (nSPS) is 14.2. The number of hydrogen-bond acceptors (Lipinski definition) is 2. The Morgan fingerprint density at radius 3 is 2.65 bits per heavy atom. The Balaban J connectivity index is 2.12. The SMILES string of the molecule is CCN1C(=O)Cc2cc(NC(=O)NC(C)(C)C)ccc21. The van der Waals surface area contributed by atoms with Gasteiger partial charge in [0.25, 0.3) is 0 Å². The second kappa shape index (κ2) is 5.15. The van der Waals surface area contributed by atoms with Crippen LogP contribution in [0, 0.1) is 0 Å². The maximum Gasteiger partial charge on any atom is 0.319 e. The van der Waals surface area contributed by atoms with Crippen molar-refractivity contribution < 1.29 is 9.59 Å².